The molecule has 0 spiro atoms. The summed E-state index contributed by atoms with van der Waals surface area (Å²) in [6, 6.07) is 0. The second kappa shape index (κ2) is 4.06. The lowest BCUT2D eigenvalue weighted by atomic mass is 9.91. The lowest BCUT2D eigenvalue weighted by Crippen LogP contribution is -2.45. The molecule has 0 fully saturated rings. The number of rotatable bonds is 5. The highest BCUT2D eigenvalue weighted by atomic mass is 16.5. The van der Waals surface area contributed by atoms with E-state index in [9.17, 15) is 9.59 Å². The van der Waals surface area contributed by atoms with E-state index in [2.05, 4.69) is 0 Å². The second-order valence-electron chi connectivity index (χ2n) is 2.64. The van der Waals surface area contributed by atoms with Crippen molar-refractivity contribution in [2.75, 3.05) is 13.2 Å². The first-order valence-electron chi connectivity index (χ1n) is 3.56. The third-order valence-corrected chi connectivity index (χ3v) is 1.61. The van der Waals surface area contributed by atoms with Crippen LogP contribution in [0.25, 0.3) is 0 Å². The zero-order valence-electron chi connectivity index (χ0n) is 7.16. The maximum Gasteiger partial charge on any atom is 0.321 e. The molecule has 0 radical (unpaired) electrons. The average Bonchev–Trinajstić information content (AvgIpc) is 1.99. The van der Waals surface area contributed by atoms with Crippen LogP contribution in [0, 0.1) is 5.41 Å². The minimum atomic E-state index is -1.62. The summed E-state index contributed by atoms with van der Waals surface area (Å²) in [4.78, 5) is 21.3. The van der Waals surface area contributed by atoms with Crippen LogP contribution in [0.15, 0.2) is 0 Å². The molecule has 0 aromatic rings. The van der Waals surface area contributed by atoms with Crippen LogP contribution in [0.3, 0.4) is 0 Å². The van der Waals surface area contributed by atoms with E-state index < -0.39 is 17.3 Å². The van der Waals surface area contributed by atoms with Crippen molar-refractivity contribution in [2.45, 2.75) is 13.8 Å². The van der Waals surface area contributed by atoms with Gasteiger partial charge in [-0.3, -0.25) is 9.59 Å². The Morgan fingerprint density at radius 3 is 2.33 bits per heavy atom. The van der Waals surface area contributed by atoms with Crippen molar-refractivity contribution in [3.8, 4) is 0 Å². The maximum atomic E-state index is 10.7. The third kappa shape index (κ3) is 2.20. The molecule has 1 unspecified atom stereocenters. The van der Waals surface area contributed by atoms with Crippen molar-refractivity contribution >= 4 is 11.9 Å². The molecule has 5 heteroatoms. The Morgan fingerprint density at radius 2 is 2.08 bits per heavy atom. The number of primary amides is 1. The lowest BCUT2D eigenvalue weighted by Gasteiger charge is -2.19. The van der Waals surface area contributed by atoms with E-state index in [0.717, 1.165) is 0 Å². The molecule has 0 saturated heterocycles. The number of amides is 1. The number of carboxylic acids is 1. The fraction of sp³-hybridized carbons (Fsp3) is 0.714. The fourth-order valence-electron chi connectivity index (χ4n) is 0.544. The maximum absolute atomic E-state index is 10.7. The molecular formula is C7H13NO4. The summed E-state index contributed by atoms with van der Waals surface area (Å²) in [5.41, 5.74) is 3.30. The number of carbonyl (C=O) groups excluding carboxylic acids is 1. The molecule has 0 aromatic carbocycles. The third-order valence-electron chi connectivity index (χ3n) is 1.61. The van der Waals surface area contributed by atoms with E-state index in [1.54, 1.807) is 6.92 Å². The first-order valence-corrected chi connectivity index (χ1v) is 3.56. The summed E-state index contributed by atoms with van der Waals surface area (Å²) >= 11 is 0. The van der Waals surface area contributed by atoms with Crippen molar-refractivity contribution in [2.24, 2.45) is 11.1 Å². The highest BCUT2D eigenvalue weighted by molar-refractivity contribution is 6.00. The summed E-state index contributed by atoms with van der Waals surface area (Å²) in [7, 11) is 0. The van der Waals surface area contributed by atoms with Crippen molar-refractivity contribution in [1.29, 1.82) is 0 Å². The first kappa shape index (κ1) is 10.9. The number of hydrogen-bond donors (Lipinski definition) is 2. The quantitative estimate of drug-likeness (QED) is 0.556. The lowest BCUT2D eigenvalue weighted by molar-refractivity contribution is -0.157. The number of ether oxygens (including phenoxy) is 1. The van der Waals surface area contributed by atoms with Gasteiger partial charge in [-0.2, -0.15) is 0 Å². The van der Waals surface area contributed by atoms with Crippen molar-refractivity contribution in [3.63, 3.8) is 0 Å². The van der Waals surface area contributed by atoms with Crippen LogP contribution >= 0.6 is 0 Å². The van der Waals surface area contributed by atoms with Gasteiger partial charge in [-0.05, 0) is 13.8 Å². The van der Waals surface area contributed by atoms with Crippen LogP contribution in [0.2, 0.25) is 0 Å². The summed E-state index contributed by atoms with van der Waals surface area (Å²) < 4.78 is 4.84. The topological polar surface area (TPSA) is 89.6 Å². The van der Waals surface area contributed by atoms with Crippen molar-refractivity contribution in [1.82, 2.24) is 0 Å². The van der Waals surface area contributed by atoms with Crippen LogP contribution in [0.5, 0.6) is 0 Å². The van der Waals surface area contributed by atoms with Crippen LogP contribution < -0.4 is 5.73 Å². The van der Waals surface area contributed by atoms with Gasteiger partial charge < -0.3 is 15.6 Å². The van der Waals surface area contributed by atoms with E-state index in [4.69, 9.17) is 15.6 Å². The fourth-order valence-corrected chi connectivity index (χ4v) is 0.544. The predicted molar refractivity (Wildman–Crippen MR) is 41.4 cm³/mol. The molecule has 0 saturated carbocycles. The summed E-state index contributed by atoms with van der Waals surface area (Å²) in [6.45, 7) is 3.13. The van der Waals surface area contributed by atoms with Crippen LogP contribution in [0.1, 0.15) is 13.8 Å². The number of carbonyl (C=O) groups is 2. The molecule has 70 valence electrons. The number of carboxylic acid groups (broad SMARTS) is 1. The smallest absolute Gasteiger partial charge is 0.321 e. The van der Waals surface area contributed by atoms with E-state index in [0.29, 0.717) is 6.61 Å². The molecule has 0 aromatic heterocycles. The second-order valence-corrected chi connectivity index (χ2v) is 2.64. The van der Waals surface area contributed by atoms with Gasteiger partial charge in [-0.15, -0.1) is 0 Å². The summed E-state index contributed by atoms with van der Waals surface area (Å²) in [6.07, 6.45) is 0. The minimum absolute atomic E-state index is 0.186. The monoisotopic (exact) mass is 175 g/mol. The van der Waals surface area contributed by atoms with Gasteiger partial charge >= 0.3 is 5.97 Å². The van der Waals surface area contributed by atoms with Crippen LogP contribution in [-0.4, -0.2) is 30.2 Å². The van der Waals surface area contributed by atoms with Gasteiger partial charge in [0.1, 0.15) is 0 Å². The molecule has 5 nitrogen and oxygen atoms in total. The van der Waals surface area contributed by atoms with E-state index in [-0.39, 0.29) is 6.61 Å². The van der Waals surface area contributed by atoms with E-state index in [1.165, 1.54) is 6.92 Å². The Balaban J connectivity index is 4.40. The molecule has 12 heavy (non-hydrogen) atoms. The zero-order valence-corrected chi connectivity index (χ0v) is 7.16. The molecule has 0 heterocycles. The summed E-state index contributed by atoms with van der Waals surface area (Å²) in [5, 5.41) is 8.65. The minimum Gasteiger partial charge on any atom is -0.480 e. The van der Waals surface area contributed by atoms with E-state index in [1.807, 2.05) is 0 Å². The highest BCUT2D eigenvalue weighted by Crippen LogP contribution is 2.15. The molecule has 0 aliphatic carbocycles. The van der Waals surface area contributed by atoms with Crippen LogP contribution in [0.4, 0.5) is 0 Å². The standard InChI is InChI=1S/C7H13NO4/c1-3-12-4-7(2,5(8)9)6(10)11/h3-4H2,1-2H3,(H2,8,9)(H,10,11). The molecule has 1 atom stereocenters. The SMILES string of the molecule is CCOCC(C)(C(N)=O)C(=O)O. The highest BCUT2D eigenvalue weighted by Gasteiger charge is 2.39. The average molecular weight is 175 g/mol. The van der Waals surface area contributed by atoms with Gasteiger partial charge in [0.05, 0.1) is 6.61 Å². The summed E-state index contributed by atoms with van der Waals surface area (Å²) in [5.74, 6) is -2.15. The first-order chi connectivity index (χ1) is 5.45. The number of aliphatic carboxylic acids is 1. The van der Waals surface area contributed by atoms with Crippen molar-refractivity contribution < 1.29 is 19.4 Å². The molecule has 1 amide bonds. The van der Waals surface area contributed by atoms with E-state index >= 15 is 0 Å². The van der Waals surface area contributed by atoms with Gasteiger partial charge in [-0.1, -0.05) is 0 Å². The van der Waals surface area contributed by atoms with Gasteiger partial charge in [0.25, 0.3) is 0 Å². The van der Waals surface area contributed by atoms with Gasteiger partial charge in [-0.25, -0.2) is 0 Å². The Labute approximate surface area is 70.5 Å². The Kier molecular flexibility index (Phi) is 3.69. The van der Waals surface area contributed by atoms with Crippen LogP contribution in [-0.2, 0) is 14.3 Å². The Hall–Kier alpha value is -1.10. The molecule has 0 aliphatic heterocycles. The van der Waals surface area contributed by atoms with Gasteiger partial charge in [0.2, 0.25) is 5.91 Å². The molecular weight excluding hydrogens is 162 g/mol. The van der Waals surface area contributed by atoms with Crippen molar-refractivity contribution in [3.05, 3.63) is 0 Å². The number of nitrogens with two attached hydrogens (primary N) is 1. The van der Waals surface area contributed by atoms with Gasteiger partial charge in [0, 0.05) is 6.61 Å². The molecule has 0 rings (SSSR count). The molecule has 0 aliphatic rings. The number of hydrogen-bond acceptors (Lipinski definition) is 3. The molecule has 0 bridgehead atoms. The zero-order chi connectivity index (χ0) is 9.78. The predicted octanol–water partition coefficient (Wildman–Crippen LogP) is -0.401. The largest absolute Gasteiger partial charge is 0.480 e. The Morgan fingerprint density at radius 1 is 1.58 bits per heavy atom. The molecule has 3 N–H and O–H groups in total. The van der Waals surface area contributed by atoms with Gasteiger partial charge in [0.15, 0.2) is 5.41 Å². The normalized spacial score (nSPS) is 15.2. The Bertz CT molecular complexity index is 176.